The van der Waals surface area contributed by atoms with E-state index in [1.165, 1.54) is 45.1 Å². The molecule has 0 amide bonds. The van der Waals surface area contributed by atoms with Gasteiger partial charge in [-0.25, -0.2) is 0 Å². The van der Waals surface area contributed by atoms with Gasteiger partial charge in [-0.2, -0.15) is 0 Å². The standard InChI is InChI=1S/C16H32N2O/c1-14(13-17-10-6-12-19-2)18-11-5-8-15-7-3-4-9-16(15)18/h14-17H,3-13H2,1-2H3/t14?,15-,16-/m1/s1. The number of likely N-dealkylation sites (tertiary alicyclic amines) is 1. The zero-order chi connectivity index (χ0) is 13.5. The highest BCUT2D eigenvalue weighted by Gasteiger charge is 2.34. The maximum Gasteiger partial charge on any atom is 0.0474 e. The summed E-state index contributed by atoms with van der Waals surface area (Å²) in [5.41, 5.74) is 0. The van der Waals surface area contributed by atoms with E-state index in [0.717, 1.165) is 38.1 Å². The average Bonchev–Trinajstić information content (AvgIpc) is 2.46. The smallest absolute Gasteiger partial charge is 0.0474 e. The molecular weight excluding hydrogens is 236 g/mol. The van der Waals surface area contributed by atoms with Crippen molar-refractivity contribution in [1.82, 2.24) is 10.2 Å². The second kappa shape index (κ2) is 8.23. The van der Waals surface area contributed by atoms with E-state index in [4.69, 9.17) is 4.74 Å². The van der Waals surface area contributed by atoms with E-state index in [9.17, 15) is 0 Å². The third kappa shape index (κ3) is 4.44. The van der Waals surface area contributed by atoms with Gasteiger partial charge in [0.05, 0.1) is 0 Å². The van der Waals surface area contributed by atoms with Crippen molar-refractivity contribution in [3.63, 3.8) is 0 Å². The fraction of sp³-hybridized carbons (Fsp3) is 1.00. The van der Waals surface area contributed by atoms with Crippen molar-refractivity contribution < 1.29 is 4.74 Å². The Morgan fingerprint density at radius 1 is 1.21 bits per heavy atom. The molecule has 3 atom stereocenters. The lowest BCUT2D eigenvalue weighted by Gasteiger charge is -2.47. The summed E-state index contributed by atoms with van der Waals surface area (Å²) in [5.74, 6) is 0.999. The summed E-state index contributed by atoms with van der Waals surface area (Å²) in [4.78, 5) is 2.80. The van der Waals surface area contributed by atoms with Gasteiger partial charge in [0.1, 0.15) is 0 Å². The van der Waals surface area contributed by atoms with E-state index in [2.05, 4.69) is 17.1 Å². The number of fused-ring (bicyclic) bond motifs is 1. The van der Waals surface area contributed by atoms with E-state index in [-0.39, 0.29) is 0 Å². The molecule has 2 rings (SSSR count). The number of rotatable bonds is 7. The van der Waals surface area contributed by atoms with Crippen LogP contribution in [0.5, 0.6) is 0 Å². The number of piperidine rings is 1. The summed E-state index contributed by atoms with van der Waals surface area (Å²) >= 11 is 0. The molecule has 0 bridgehead atoms. The molecule has 112 valence electrons. The third-order valence-corrected chi connectivity index (χ3v) is 4.99. The minimum absolute atomic E-state index is 0.688. The van der Waals surface area contributed by atoms with E-state index < -0.39 is 0 Å². The number of nitrogens with zero attached hydrogens (tertiary/aromatic N) is 1. The number of ether oxygens (including phenoxy) is 1. The Labute approximate surface area is 119 Å². The van der Waals surface area contributed by atoms with Crippen molar-refractivity contribution in [3.8, 4) is 0 Å². The monoisotopic (exact) mass is 268 g/mol. The Bertz CT molecular complexity index is 245. The lowest BCUT2D eigenvalue weighted by molar-refractivity contribution is 0.0314. The lowest BCUT2D eigenvalue weighted by atomic mass is 9.78. The predicted octanol–water partition coefficient (Wildman–Crippen LogP) is 2.66. The van der Waals surface area contributed by atoms with Crippen LogP contribution in [0.3, 0.4) is 0 Å². The lowest BCUT2D eigenvalue weighted by Crippen LogP contribution is -2.53. The van der Waals surface area contributed by atoms with Gasteiger partial charge in [-0.3, -0.25) is 4.90 Å². The zero-order valence-corrected chi connectivity index (χ0v) is 12.9. The molecule has 0 spiro atoms. The van der Waals surface area contributed by atoms with Gasteiger partial charge in [0, 0.05) is 32.3 Å². The van der Waals surface area contributed by atoms with Gasteiger partial charge in [-0.15, -0.1) is 0 Å². The van der Waals surface area contributed by atoms with Gasteiger partial charge in [0.15, 0.2) is 0 Å². The van der Waals surface area contributed by atoms with Crippen LogP contribution in [0.15, 0.2) is 0 Å². The van der Waals surface area contributed by atoms with Crippen molar-refractivity contribution in [2.75, 3.05) is 33.4 Å². The highest BCUT2D eigenvalue weighted by atomic mass is 16.5. The first-order chi connectivity index (χ1) is 9.33. The number of methoxy groups -OCH3 is 1. The number of hydrogen-bond donors (Lipinski definition) is 1. The van der Waals surface area contributed by atoms with Gasteiger partial charge < -0.3 is 10.1 Å². The van der Waals surface area contributed by atoms with E-state index >= 15 is 0 Å². The Morgan fingerprint density at radius 2 is 2.00 bits per heavy atom. The van der Waals surface area contributed by atoms with Gasteiger partial charge >= 0.3 is 0 Å². The SMILES string of the molecule is COCCCNCC(C)N1CCC[C@H]2CCCC[C@H]21. The largest absolute Gasteiger partial charge is 0.385 e. The van der Waals surface area contributed by atoms with Gasteiger partial charge in [0.25, 0.3) is 0 Å². The molecule has 0 aromatic carbocycles. The van der Waals surface area contributed by atoms with Crippen LogP contribution in [0, 0.1) is 5.92 Å². The Hall–Kier alpha value is -0.120. The Kier molecular flexibility index (Phi) is 6.62. The fourth-order valence-electron chi connectivity index (χ4n) is 3.98. The van der Waals surface area contributed by atoms with Crippen LogP contribution in [0.2, 0.25) is 0 Å². The highest BCUT2D eigenvalue weighted by molar-refractivity contribution is 4.89. The van der Waals surface area contributed by atoms with Crippen molar-refractivity contribution in [3.05, 3.63) is 0 Å². The van der Waals surface area contributed by atoms with Crippen LogP contribution in [-0.2, 0) is 4.74 Å². The molecule has 1 N–H and O–H groups in total. The van der Waals surface area contributed by atoms with Crippen LogP contribution >= 0.6 is 0 Å². The van der Waals surface area contributed by atoms with Crippen LogP contribution in [0.25, 0.3) is 0 Å². The summed E-state index contributed by atoms with van der Waals surface area (Å²) in [5, 5.41) is 3.59. The Balaban J connectivity index is 1.72. The first kappa shape index (κ1) is 15.3. The molecular formula is C16H32N2O. The molecule has 1 aliphatic carbocycles. The molecule has 0 aromatic heterocycles. The summed E-state index contributed by atoms with van der Waals surface area (Å²) < 4.78 is 5.09. The van der Waals surface area contributed by atoms with E-state index in [1.807, 2.05) is 0 Å². The van der Waals surface area contributed by atoms with E-state index in [1.54, 1.807) is 7.11 Å². The number of hydrogen-bond acceptors (Lipinski definition) is 3. The van der Waals surface area contributed by atoms with Crippen molar-refractivity contribution in [1.29, 1.82) is 0 Å². The summed E-state index contributed by atoms with van der Waals surface area (Å²) in [7, 11) is 1.78. The molecule has 1 saturated heterocycles. The second-order valence-corrected chi connectivity index (χ2v) is 6.39. The molecule has 0 aromatic rings. The highest BCUT2D eigenvalue weighted by Crippen LogP contribution is 2.36. The molecule has 1 saturated carbocycles. The third-order valence-electron chi connectivity index (χ3n) is 4.99. The van der Waals surface area contributed by atoms with Crippen LogP contribution in [0.4, 0.5) is 0 Å². The normalized spacial score (nSPS) is 30.0. The second-order valence-electron chi connectivity index (χ2n) is 6.39. The zero-order valence-electron chi connectivity index (χ0n) is 12.9. The topological polar surface area (TPSA) is 24.5 Å². The molecule has 1 aliphatic heterocycles. The minimum atomic E-state index is 0.688. The Morgan fingerprint density at radius 3 is 2.84 bits per heavy atom. The fourth-order valence-corrected chi connectivity index (χ4v) is 3.98. The molecule has 1 heterocycles. The van der Waals surface area contributed by atoms with Gasteiger partial charge in [-0.05, 0) is 58.0 Å². The first-order valence-electron chi connectivity index (χ1n) is 8.28. The van der Waals surface area contributed by atoms with Crippen molar-refractivity contribution in [2.45, 2.75) is 64.0 Å². The maximum absolute atomic E-state index is 5.09. The number of nitrogens with one attached hydrogen (secondary N) is 1. The van der Waals surface area contributed by atoms with Crippen LogP contribution in [0.1, 0.15) is 51.9 Å². The van der Waals surface area contributed by atoms with Gasteiger partial charge in [-0.1, -0.05) is 12.8 Å². The molecule has 2 fully saturated rings. The quantitative estimate of drug-likeness (QED) is 0.718. The summed E-state index contributed by atoms with van der Waals surface area (Å²) in [6.07, 6.45) is 9.86. The maximum atomic E-state index is 5.09. The summed E-state index contributed by atoms with van der Waals surface area (Å²) in [6.45, 7) is 6.81. The van der Waals surface area contributed by atoms with Crippen LogP contribution < -0.4 is 5.32 Å². The minimum Gasteiger partial charge on any atom is -0.385 e. The first-order valence-corrected chi connectivity index (χ1v) is 8.28. The predicted molar refractivity (Wildman–Crippen MR) is 80.5 cm³/mol. The molecule has 2 aliphatic rings. The summed E-state index contributed by atoms with van der Waals surface area (Å²) in [6, 6.07) is 1.58. The average molecular weight is 268 g/mol. The van der Waals surface area contributed by atoms with Crippen molar-refractivity contribution >= 4 is 0 Å². The van der Waals surface area contributed by atoms with E-state index in [0.29, 0.717) is 6.04 Å². The molecule has 3 heteroatoms. The molecule has 3 nitrogen and oxygen atoms in total. The molecule has 0 radical (unpaired) electrons. The van der Waals surface area contributed by atoms with Crippen LogP contribution in [-0.4, -0.2) is 50.3 Å². The van der Waals surface area contributed by atoms with Gasteiger partial charge in [0.2, 0.25) is 0 Å². The molecule has 1 unspecified atom stereocenters. The van der Waals surface area contributed by atoms with Crippen molar-refractivity contribution in [2.24, 2.45) is 5.92 Å². The molecule has 19 heavy (non-hydrogen) atoms.